The van der Waals surface area contributed by atoms with Gasteiger partial charge in [-0.05, 0) is 39.8 Å². The first-order valence-electron chi connectivity index (χ1n) is 8.29. The van der Waals surface area contributed by atoms with E-state index in [-0.39, 0.29) is 17.2 Å². The minimum absolute atomic E-state index is 0.0871. The number of benzene rings is 1. The van der Waals surface area contributed by atoms with E-state index in [0.29, 0.717) is 23.5 Å². The van der Waals surface area contributed by atoms with Gasteiger partial charge in [0.1, 0.15) is 17.2 Å². The van der Waals surface area contributed by atoms with Gasteiger partial charge < -0.3 is 10.1 Å². The van der Waals surface area contributed by atoms with Crippen LogP contribution in [0.1, 0.15) is 27.7 Å². The van der Waals surface area contributed by atoms with E-state index in [4.69, 9.17) is 4.74 Å². The normalized spacial score (nSPS) is 13.0. The monoisotopic (exact) mass is 341 g/mol. The van der Waals surface area contributed by atoms with Crippen LogP contribution < -0.4 is 15.6 Å². The van der Waals surface area contributed by atoms with Gasteiger partial charge in [0.25, 0.3) is 5.56 Å². The maximum atomic E-state index is 12.3. The van der Waals surface area contributed by atoms with Gasteiger partial charge in [-0.1, -0.05) is 18.2 Å². The Morgan fingerprint density at radius 3 is 2.68 bits per heavy atom. The molecule has 0 saturated carbocycles. The molecule has 0 fully saturated rings. The van der Waals surface area contributed by atoms with E-state index in [9.17, 15) is 4.79 Å². The van der Waals surface area contributed by atoms with Crippen molar-refractivity contribution < 1.29 is 4.74 Å². The molecule has 0 aliphatic heterocycles. The Balaban J connectivity index is 1.76. The number of fused-ring (bicyclic) bond motifs is 1. The Hall–Kier alpha value is -2.83. The number of aromatic amines is 1. The number of para-hydroxylation sites is 1. The van der Waals surface area contributed by atoms with Gasteiger partial charge in [0.15, 0.2) is 5.65 Å². The van der Waals surface area contributed by atoms with Crippen LogP contribution in [0.5, 0.6) is 5.75 Å². The van der Waals surface area contributed by atoms with Gasteiger partial charge in [-0.2, -0.15) is 10.1 Å². The summed E-state index contributed by atoms with van der Waals surface area (Å²) in [5.41, 5.74) is 0.0961. The average molecular weight is 341 g/mol. The predicted octanol–water partition coefficient (Wildman–Crippen LogP) is 2.75. The van der Waals surface area contributed by atoms with Crippen LogP contribution in [0.15, 0.2) is 41.3 Å². The van der Waals surface area contributed by atoms with Gasteiger partial charge in [0.05, 0.1) is 18.3 Å². The first-order chi connectivity index (χ1) is 11.8. The second-order valence-corrected chi connectivity index (χ2v) is 7.00. The van der Waals surface area contributed by atoms with Crippen LogP contribution >= 0.6 is 0 Å². The Morgan fingerprint density at radius 2 is 2.00 bits per heavy atom. The van der Waals surface area contributed by atoms with E-state index in [1.54, 1.807) is 10.9 Å². The Kier molecular flexibility index (Phi) is 4.48. The van der Waals surface area contributed by atoms with Gasteiger partial charge in [-0.15, -0.1) is 0 Å². The molecule has 7 nitrogen and oxygen atoms in total. The van der Waals surface area contributed by atoms with Crippen molar-refractivity contribution in [3.63, 3.8) is 0 Å². The minimum atomic E-state index is -0.260. The summed E-state index contributed by atoms with van der Waals surface area (Å²) < 4.78 is 7.57. The van der Waals surface area contributed by atoms with Crippen LogP contribution in [0.25, 0.3) is 11.0 Å². The maximum Gasteiger partial charge on any atom is 0.263 e. The highest BCUT2D eigenvalue weighted by atomic mass is 16.5. The van der Waals surface area contributed by atoms with E-state index in [2.05, 4.69) is 20.4 Å². The number of rotatable bonds is 5. The molecule has 0 aliphatic rings. The fraction of sp³-hybridized carbons (Fsp3) is 0.389. The first kappa shape index (κ1) is 17.0. The van der Waals surface area contributed by atoms with Crippen molar-refractivity contribution in [2.45, 2.75) is 39.3 Å². The van der Waals surface area contributed by atoms with Gasteiger partial charge in [-0.25, -0.2) is 4.68 Å². The molecule has 3 rings (SSSR count). The second-order valence-electron chi connectivity index (χ2n) is 7.00. The lowest BCUT2D eigenvalue weighted by Crippen LogP contribution is -2.26. The largest absolute Gasteiger partial charge is 0.489 e. The molecule has 1 atom stereocenters. The van der Waals surface area contributed by atoms with E-state index >= 15 is 0 Å². The summed E-state index contributed by atoms with van der Waals surface area (Å²) in [7, 11) is 0. The minimum Gasteiger partial charge on any atom is -0.489 e. The quantitative estimate of drug-likeness (QED) is 0.745. The molecule has 2 aromatic heterocycles. The molecule has 2 heterocycles. The lowest BCUT2D eigenvalue weighted by molar-refractivity contribution is 0.234. The highest BCUT2D eigenvalue weighted by molar-refractivity contribution is 5.74. The molecule has 1 aromatic carbocycles. The van der Waals surface area contributed by atoms with Crippen LogP contribution in [0.2, 0.25) is 0 Å². The summed E-state index contributed by atoms with van der Waals surface area (Å²) in [5.74, 6) is 1.21. The number of nitrogens with zero attached hydrogens (tertiary/aromatic N) is 3. The number of hydrogen-bond acceptors (Lipinski definition) is 5. The molecule has 0 bridgehead atoms. The molecular weight excluding hydrogens is 318 g/mol. The molecule has 7 heteroatoms. The zero-order chi connectivity index (χ0) is 18.0. The second kappa shape index (κ2) is 6.58. The molecule has 132 valence electrons. The summed E-state index contributed by atoms with van der Waals surface area (Å²) in [6.07, 6.45) is 1.47. The van der Waals surface area contributed by atoms with Crippen molar-refractivity contribution in [3.8, 4) is 5.75 Å². The molecule has 0 amide bonds. The highest BCUT2D eigenvalue weighted by Gasteiger charge is 2.20. The van der Waals surface area contributed by atoms with Crippen LogP contribution in [0, 0.1) is 0 Å². The number of nitrogens with one attached hydrogen (secondary N) is 2. The van der Waals surface area contributed by atoms with Gasteiger partial charge in [-0.3, -0.25) is 9.78 Å². The summed E-state index contributed by atoms with van der Waals surface area (Å²) in [6, 6.07) is 9.61. The van der Waals surface area contributed by atoms with Crippen LogP contribution in [0.3, 0.4) is 0 Å². The standard InChI is InChI=1S/C18H23N5O2/c1-12(25-13-8-6-5-7-9-13)10-19-17-21-15-14(16(24)22-17)11-20-23(15)18(2,3)4/h5-9,11-12H,10H2,1-4H3,(H2,19,21,22,24). The first-order valence-corrected chi connectivity index (χ1v) is 8.29. The molecule has 0 spiro atoms. The third kappa shape index (κ3) is 3.81. The van der Waals surface area contributed by atoms with E-state index in [1.807, 2.05) is 58.0 Å². The van der Waals surface area contributed by atoms with E-state index in [0.717, 1.165) is 5.75 Å². The van der Waals surface area contributed by atoms with Crippen molar-refractivity contribution in [2.24, 2.45) is 0 Å². The topological polar surface area (TPSA) is 84.8 Å². The molecule has 0 saturated heterocycles. The lowest BCUT2D eigenvalue weighted by Gasteiger charge is -2.20. The molecule has 3 aromatic rings. The Bertz CT molecular complexity index is 909. The molecule has 2 N–H and O–H groups in total. The predicted molar refractivity (Wildman–Crippen MR) is 98.2 cm³/mol. The lowest BCUT2D eigenvalue weighted by atomic mass is 10.1. The van der Waals surface area contributed by atoms with E-state index in [1.165, 1.54) is 0 Å². The Labute approximate surface area is 146 Å². The molecule has 1 unspecified atom stereocenters. The van der Waals surface area contributed by atoms with Crippen molar-refractivity contribution in [2.75, 3.05) is 11.9 Å². The zero-order valence-corrected chi connectivity index (χ0v) is 14.9. The highest BCUT2D eigenvalue weighted by Crippen LogP contribution is 2.18. The maximum absolute atomic E-state index is 12.3. The number of ether oxygens (including phenoxy) is 1. The molecular formula is C18H23N5O2. The summed E-state index contributed by atoms with van der Waals surface area (Å²) in [6.45, 7) is 8.52. The van der Waals surface area contributed by atoms with Crippen molar-refractivity contribution in [3.05, 3.63) is 46.9 Å². The van der Waals surface area contributed by atoms with Gasteiger partial charge in [0.2, 0.25) is 5.95 Å². The molecule has 25 heavy (non-hydrogen) atoms. The smallest absolute Gasteiger partial charge is 0.263 e. The van der Waals surface area contributed by atoms with Crippen LogP contribution in [0.4, 0.5) is 5.95 Å². The Morgan fingerprint density at radius 1 is 1.28 bits per heavy atom. The number of H-pyrrole nitrogens is 1. The van der Waals surface area contributed by atoms with Crippen molar-refractivity contribution in [1.82, 2.24) is 19.7 Å². The fourth-order valence-corrected chi connectivity index (χ4v) is 2.51. The van der Waals surface area contributed by atoms with E-state index < -0.39 is 0 Å². The van der Waals surface area contributed by atoms with Crippen molar-refractivity contribution in [1.29, 1.82) is 0 Å². The molecule has 0 aliphatic carbocycles. The van der Waals surface area contributed by atoms with Crippen LogP contribution in [-0.2, 0) is 5.54 Å². The van der Waals surface area contributed by atoms with Crippen molar-refractivity contribution >= 4 is 17.0 Å². The van der Waals surface area contributed by atoms with Gasteiger partial charge in [0, 0.05) is 0 Å². The zero-order valence-electron chi connectivity index (χ0n) is 14.9. The molecule has 0 radical (unpaired) electrons. The van der Waals surface area contributed by atoms with Gasteiger partial charge >= 0.3 is 0 Å². The SMILES string of the molecule is CC(CNc1nc2c(cnn2C(C)(C)C)c(=O)[nH]1)Oc1ccccc1. The third-order valence-electron chi connectivity index (χ3n) is 3.71. The average Bonchev–Trinajstić information content (AvgIpc) is 2.99. The number of aromatic nitrogens is 4. The number of hydrogen-bond donors (Lipinski definition) is 2. The fourth-order valence-electron chi connectivity index (χ4n) is 2.51. The third-order valence-corrected chi connectivity index (χ3v) is 3.71. The number of anilines is 1. The summed E-state index contributed by atoms with van der Waals surface area (Å²) in [5, 5.41) is 7.92. The van der Waals surface area contributed by atoms with Crippen LogP contribution in [-0.4, -0.2) is 32.4 Å². The summed E-state index contributed by atoms with van der Waals surface area (Å²) >= 11 is 0. The summed E-state index contributed by atoms with van der Waals surface area (Å²) in [4.78, 5) is 19.5.